The summed E-state index contributed by atoms with van der Waals surface area (Å²) in [5.74, 6) is -0.792. The fourth-order valence-electron chi connectivity index (χ4n) is 5.18. The third-order valence-electron chi connectivity index (χ3n) is 7.37. The zero-order valence-electron chi connectivity index (χ0n) is 20.6. The molecule has 1 aromatic carbocycles. The van der Waals surface area contributed by atoms with E-state index in [9.17, 15) is 19.5 Å². The van der Waals surface area contributed by atoms with E-state index in [1.165, 1.54) is 15.9 Å². The van der Waals surface area contributed by atoms with Gasteiger partial charge in [0.25, 0.3) is 5.56 Å². The van der Waals surface area contributed by atoms with Crippen LogP contribution in [0.15, 0.2) is 37.6 Å². The number of halogens is 1. The van der Waals surface area contributed by atoms with Gasteiger partial charge < -0.3 is 19.3 Å². The molecule has 11 heteroatoms. The SMILES string of the molecule is COc1ccccc1C(Cn1c(=O)n(C2CC(C(=O)O)C2)c(=O)c2c(C)c(Br)sc21)OC1CCOCC1. The summed E-state index contributed by atoms with van der Waals surface area (Å²) in [7, 11) is 1.60. The van der Waals surface area contributed by atoms with Crippen molar-refractivity contribution < 1.29 is 24.1 Å². The summed E-state index contributed by atoms with van der Waals surface area (Å²) >= 11 is 4.89. The first-order valence-electron chi connectivity index (χ1n) is 12.3. The molecule has 3 heterocycles. The molecule has 3 aromatic rings. The number of hydrogen-bond acceptors (Lipinski definition) is 7. The van der Waals surface area contributed by atoms with Crippen molar-refractivity contribution in [3.8, 4) is 5.75 Å². The van der Waals surface area contributed by atoms with Gasteiger partial charge in [-0.2, -0.15) is 0 Å². The van der Waals surface area contributed by atoms with Crippen molar-refractivity contribution >= 4 is 43.5 Å². The number of aryl methyl sites for hydroxylation is 1. The number of hydrogen-bond donors (Lipinski definition) is 1. The Morgan fingerprint density at radius 1 is 1.24 bits per heavy atom. The van der Waals surface area contributed by atoms with Gasteiger partial charge in [-0.3, -0.25) is 18.7 Å². The van der Waals surface area contributed by atoms with Crippen molar-refractivity contribution in [1.29, 1.82) is 0 Å². The second kappa shape index (κ2) is 10.7. The second-order valence-electron chi connectivity index (χ2n) is 9.59. The molecular formula is C26H29BrN2O7S. The van der Waals surface area contributed by atoms with Crippen molar-refractivity contribution in [1.82, 2.24) is 9.13 Å². The number of ether oxygens (including phenoxy) is 3. The maximum absolute atomic E-state index is 13.9. The largest absolute Gasteiger partial charge is 0.496 e. The highest BCUT2D eigenvalue weighted by atomic mass is 79.9. The molecule has 0 radical (unpaired) electrons. The van der Waals surface area contributed by atoms with Gasteiger partial charge in [0.05, 0.1) is 34.8 Å². The zero-order valence-corrected chi connectivity index (χ0v) is 23.0. The quantitative estimate of drug-likeness (QED) is 0.416. The topological polar surface area (TPSA) is 109 Å². The molecule has 9 nitrogen and oxygen atoms in total. The van der Waals surface area contributed by atoms with Crippen molar-refractivity contribution in [2.24, 2.45) is 5.92 Å². The Labute approximate surface area is 225 Å². The molecule has 5 rings (SSSR count). The number of para-hydroxylation sites is 1. The van der Waals surface area contributed by atoms with E-state index < -0.39 is 29.7 Å². The number of aromatic nitrogens is 2. The van der Waals surface area contributed by atoms with Gasteiger partial charge in [0, 0.05) is 24.8 Å². The van der Waals surface area contributed by atoms with E-state index >= 15 is 0 Å². The smallest absolute Gasteiger partial charge is 0.332 e. The minimum absolute atomic E-state index is 0.0412. The lowest BCUT2D eigenvalue weighted by atomic mass is 9.80. The summed E-state index contributed by atoms with van der Waals surface area (Å²) in [5, 5.41) is 9.82. The molecular weight excluding hydrogens is 564 g/mol. The monoisotopic (exact) mass is 592 g/mol. The fraction of sp³-hybridized carbons (Fsp3) is 0.500. The summed E-state index contributed by atoms with van der Waals surface area (Å²) in [6.07, 6.45) is 1.46. The standard InChI is InChI=1S/C26H29BrN2O7S/c1-14-21-23(30)29(16-11-15(12-16)25(31)32)26(33)28(24(21)37-22(14)27)13-20(36-17-7-9-35-10-8-17)18-5-3-4-6-19(18)34-2/h3-6,15-17,20H,7-13H2,1-2H3,(H,31,32). The molecule has 2 fully saturated rings. The number of fused-ring (bicyclic) bond motifs is 1. The van der Waals surface area contributed by atoms with Crippen LogP contribution in [-0.4, -0.2) is 46.6 Å². The molecule has 2 aromatic heterocycles. The predicted molar refractivity (Wildman–Crippen MR) is 143 cm³/mol. The number of thiophene rings is 1. The normalized spacial score (nSPS) is 21.1. The molecule has 1 aliphatic heterocycles. The first-order chi connectivity index (χ1) is 17.8. The lowest BCUT2D eigenvalue weighted by Crippen LogP contribution is -2.47. The van der Waals surface area contributed by atoms with Crippen LogP contribution in [0.4, 0.5) is 0 Å². The number of aliphatic carboxylic acids is 1. The average Bonchev–Trinajstić information content (AvgIpc) is 3.16. The molecule has 1 N–H and O–H groups in total. The Morgan fingerprint density at radius 2 is 1.95 bits per heavy atom. The number of nitrogens with zero attached hydrogens (tertiary/aromatic N) is 2. The molecule has 2 aliphatic rings. The van der Waals surface area contributed by atoms with E-state index in [1.807, 2.05) is 31.2 Å². The van der Waals surface area contributed by atoms with Gasteiger partial charge in [0.2, 0.25) is 0 Å². The molecule has 1 unspecified atom stereocenters. The summed E-state index contributed by atoms with van der Waals surface area (Å²) in [6.45, 7) is 3.25. The Hall–Kier alpha value is -2.47. The van der Waals surface area contributed by atoms with Crippen LogP contribution in [0, 0.1) is 12.8 Å². The summed E-state index contributed by atoms with van der Waals surface area (Å²) < 4.78 is 21.4. The number of carboxylic acid groups (broad SMARTS) is 1. The van der Waals surface area contributed by atoms with Crippen molar-refractivity contribution in [3.63, 3.8) is 0 Å². The molecule has 1 atom stereocenters. The number of carboxylic acids is 1. The van der Waals surface area contributed by atoms with E-state index in [-0.39, 0.29) is 31.0 Å². The van der Waals surface area contributed by atoms with Crippen molar-refractivity contribution in [2.75, 3.05) is 20.3 Å². The fourth-order valence-corrected chi connectivity index (χ4v) is 6.87. The molecule has 1 saturated carbocycles. The molecule has 0 amide bonds. The van der Waals surface area contributed by atoms with E-state index in [4.69, 9.17) is 14.2 Å². The lowest BCUT2D eigenvalue weighted by molar-refractivity contribution is -0.146. The van der Waals surface area contributed by atoms with Gasteiger partial charge in [0.1, 0.15) is 16.7 Å². The van der Waals surface area contributed by atoms with Crippen molar-refractivity contribution in [3.05, 3.63) is 60.0 Å². The van der Waals surface area contributed by atoms with Crippen LogP contribution in [0.3, 0.4) is 0 Å². The molecule has 0 bridgehead atoms. The molecule has 1 aliphatic carbocycles. The average molecular weight is 593 g/mol. The Kier molecular flexibility index (Phi) is 7.58. The lowest BCUT2D eigenvalue weighted by Gasteiger charge is -2.34. The maximum Gasteiger partial charge on any atom is 0.332 e. The van der Waals surface area contributed by atoms with Gasteiger partial charge in [-0.1, -0.05) is 18.2 Å². The highest BCUT2D eigenvalue weighted by Gasteiger charge is 2.38. The van der Waals surface area contributed by atoms with Crippen LogP contribution in [0.1, 0.15) is 49.0 Å². The summed E-state index contributed by atoms with van der Waals surface area (Å²) in [5.41, 5.74) is 0.760. The third-order valence-corrected chi connectivity index (χ3v) is 9.56. The minimum Gasteiger partial charge on any atom is -0.496 e. The first-order valence-corrected chi connectivity index (χ1v) is 13.9. The van der Waals surface area contributed by atoms with Crippen LogP contribution in [0.25, 0.3) is 10.2 Å². The summed E-state index contributed by atoms with van der Waals surface area (Å²) in [4.78, 5) is 39.4. The Morgan fingerprint density at radius 3 is 2.62 bits per heavy atom. The summed E-state index contributed by atoms with van der Waals surface area (Å²) in [6, 6.07) is 7.13. The van der Waals surface area contributed by atoms with Gasteiger partial charge in [-0.25, -0.2) is 4.79 Å². The number of benzene rings is 1. The predicted octanol–water partition coefficient (Wildman–Crippen LogP) is 4.28. The second-order valence-corrected chi connectivity index (χ2v) is 11.9. The Bertz CT molecular complexity index is 1430. The number of carbonyl (C=O) groups is 1. The molecule has 37 heavy (non-hydrogen) atoms. The number of methoxy groups -OCH3 is 1. The van der Waals surface area contributed by atoms with Crippen LogP contribution < -0.4 is 16.0 Å². The first kappa shape index (κ1) is 26.1. The van der Waals surface area contributed by atoms with Gasteiger partial charge in [-0.05, 0) is 60.2 Å². The van der Waals surface area contributed by atoms with Crippen LogP contribution in [0.5, 0.6) is 5.75 Å². The van der Waals surface area contributed by atoms with Crippen LogP contribution in [-0.2, 0) is 20.8 Å². The van der Waals surface area contributed by atoms with E-state index in [0.29, 0.717) is 29.2 Å². The highest BCUT2D eigenvalue weighted by Crippen LogP contribution is 2.39. The zero-order chi connectivity index (χ0) is 26.3. The van der Waals surface area contributed by atoms with Gasteiger partial charge in [0.15, 0.2) is 0 Å². The third kappa shape index (κ3) is 4.89. The van der Waals surface area contributed by atoms with Crippen molar-refractivity contribution in [2.45, 2.75) is 57.4 Å². The molecule has 198 valence electrons. The van der Waals surface area contributed by atoms with Crippen LogP contribution in [0.2, 0.25) is 0 Å². The van der Waals surface area contributed by atoms with E-state index in [0.717, 1.165) is 27.8 Å². The Balaban J connectivity index is 1.63. The van der Waals surface area contributed by atoms with Crippen LogP contribution >= 0.6 is 27.3 Å². The van der Waals surface area contributed by atoms with Gasteiger partial charge >= 0.3 is 11.7 Å². The highest BCUT2D eigenvalue weighted by molar-refractivity contribution is 9.11. The van der Waals surface area contributed by atoms with E-state index in [2.05, 4.69) is 15.9 Å². The van der Waals surface area contributed by atoms with E-state index in [1.54, 1.807) is 11.7 Å². The number of rotatable bonds is 8. The maximum atomic E-state index is 13.9. The van der Waals surface area contributed by atoms with Gasteiger partial charge in [-0.15, -0.1) is 11.3 Å². The molecule has 1 saturated heterocycles. The molecule has 0 spiro atoms. The minimum atomic E-state index is -0.902.